The minimum Gasteiger partial charge on any atom is -0.494 e. The molecule has 1 amide bonds. The van der Waals surface area contributed by atoms with Crippen molar-refractivity contribution < 1.29 is 46.5 Å². The highest BCUT2D eigenvalue weighted by atomic mass is 19.4. The summed E-state index contributed by atoms with van der Waals surface area (Å²) in [5.74, 6) is -4.26. The van der Waals surface area contributed by atoms with Gasteiger partial charge in [-0.3, -0.25) is 4.79 Å². The van der Waals surface area contributed by atoms with E-state index in [0.717, 1.165) is 11.9 Å². The summed E-state index contributed by atoms with van der Waals surface area (Å²) >= 11 is 0. The molecule has 1 unspecified atom stereocenters. The molecule has 0 saturated heterocycles. The molecule has 0 aliphatic carbocycles. The summed E-state index contributed by atoms with van der Waals surface area (Å²) in [6, 6.07) is 22.9. The van der Waals surface area contributed by atoms with E-state index in [0.29, 0.717) is 30.9 Å². The largest absolute Gasteiger partial charge is 0.495 e. The van der Waals surface area contributed by atoms with Gasteiger partial charge in [-0.25, -0.2) is 28.7 Å². The fourth-order valence-electron chi connectivity index (χ4n) is 4.07. The molecule has 0 saturated carbocycles. The maximum absolute atomic E-state index is 15.1. The standard InChI is InChI=1S/C32H27F4N3O6/c33-26-19-23(12-15-25(26)21-7-2-1-3-8-21)27(20-29(40)44-45-31(42)32(34,35)36)39-30(41)22-10-13-24(14-11-22)43-18-6-17-38-28-9-4-5-16-37-28/h1-5,7-16,19,27H,6,17-18,20H2,(H,37,38)(H,39,41). The summed E-state index contributed by atoms with van der Waals surface area (Å²) in [5.41, 5.74) is 1.09. The second kappa shape index (κ2) is 15.3. The smallest absolute Gasteiger partial charge is 0.494 e. The van der Waals surface area contributed by atoms with Crippen molar-refractivity contribution in [3.8, 4) is 16.9 Å². The first-order valence-electron chi connectivity index (χ1n) is 13.6. The highest BCUT2D eigenvalue weighted by Crippen LogP contribution is 2.28. The molecule has 2 N–H and O–H groups in total. The molecular formula is C32H27F4N3O6. The van der Waals surface area contributed by atoms with Gasteiger partial charge >= 0.3 is 18.1 Å². The van der Waals surface area contributed by atoms with Gasteiger partial charge in [-0.1, -0.05) is 48.5 Å². The first-order valence-corrected chi connectivity index (χ1v) is 13.6. The Morgan fingerprint density at radius 2 is 1.60 bits per heavy atom. The van der Waals surface area contributed by atoms with E-state index in [2.05, 4.69) is 25.4 Å². The Bertz CT molecular complexity index is 1590. The Kier molecular flexibility index (Phi) is 11.0. The van der Waals surface area contributed by atoms with Crippen LogP contribution in [0.2, 0.25) is 0 Å². The van der Waals surface area contributed by atoms with Gasteiger partial charge in [0.05, 0.1) is 19.1 Å². The number of pyridine rings is 1. The molecule has 3 aromatic carbocycles. The topological polar surface area (TPSA) is 116 Å². The van der Waals surface area contributed by atoms with Crippen molar-refractivity contribution >= 4 is 23.7 Å². The maximum atomic E-state index is 15.1. The van der Waals surface area contributed by atoms with Crippen molar-refractivity contribution in [1.82, 2.24) is 10.3 Å². The molecule has 4 aromatic rings. The van der Waals surface area contributed by atoms with Gasteiger partial charge in [-0.2, -0.15) is 13.2 Å². The molecule has 0 bridgehead atoms. The summed E-state index contributed by atoms with van der Waals surface area (Å²) < 4.78 is 58.1. The van der Waals surface area contributed by atoms with E-state index in [1.807, 2.05) is 18.2 Å². The number of anilines is 1. The number of carbonyl (C=O) groups excluding carboxylic acids is 3. The number of amides is 1. The molecular weight excluding hydrogens is 598 g/mol. The van der Waals surface area contributed by atoms with Crippen LogP contribution in [0.5, 0.6) is 5.75 Å². The molecule has 0 radical (unpaired) electrons. The number of benzene rings is 3. The predicted molar refractivity (Wildman–Crippen MR) is 154 cm³/mol. The molecule has 234 valence electrons. The van der Waals surface area contributed by atoms with Crippen molar-refractivity contribution in [2.45, 2.75) is 25.1 Å². The second-order valence-electron chi connectivity index (χ2n) is 9.53. The van der Waals surface area contributed by atoms with Crippen molar-refractivity contribution in [1.29, 1.82) is 0 Å². The third-order valence-electron chi connectivity index (χ3n) is 6.28. The van der Waals surface area contributed by atoms with Crippen molar-refractivity contribution in [2.75, 3.05) is 18.5 Å². The Morgan fingerprint density at radius 3 is 2.27 bits per heavy atom. The SMILES string of the molecule is O=C(CC(NC(=O)c1ccc(OCCCNc2ccccn2)cc1)c1ccc(-c2ccccc2)c(F)c1)OOC(=O)C(F)(F)F. The molecule has 45 heavy (non-hydrogen) atoms. The van der Waals surface area contributed by atoms with Gasteiger partial charge in [0.2, 0.25) is 0 Å². The van der Waals surface area contributed by atoms with E-state index in [1.165, 1.54) is 24.3 Å². The van der Waals surface area contributed by atoms with Crippen LogP contribution in [-0.4, -0.2) is 42.2 Å². The lowest BCUT2D eigenvalue weighted by molar-refractivity contribution is -0.286. The number of aromatic nitrogens is 1. The average Bonchev–Trinajstić information content (AvgIpc) is 3.03. The van der Waals surface area contributed by atoms with Crippen molar-refractivity contribution in [2.24, 2.45) is 0 Å². The number of ether oxygens (including phenoxy) is 1. The molecule has 0 spiro atoms. The minimum absolute atomic E-state index is 0.110. The normalized spacial score (nSPS) is 11.6. The zero-order valence-corrected chi connectivity index (χ0v) is 23.6. The van der Waals surface area contributed by atoms with Crippen LogP contribution in [0.3, 0.4) is 0 Å². The molecule has 4 rings (SSSR count). The number of nitrogens with zero attached hydrogens (tertiary/aromatic N) is 1. The van der Waals surface area contributed by atoms with E-state index in [-0.39, 0.29) is 16.7 Å². The van der Waals surface area contributed by atoms with Gasteiger partial charge in [0.1, 0.15) is 17.4 Å². The predicted octanol–water partition coefficient (Wildman–Crippen LogP) is 6.19. The van der Waals surface area contributed by atoms with Gasteiger partial charge in [-0.05, 0) is 60.0 Å². The lowest BCUT2D eigenvalue weighted by Gasteiger charge is -2.19. The van der Waals surface area contributed by atoms with Gasteiger partial charge in [-0.15, -0.1) is 0 Å². The summed E-state index contributed by atoms with van der Waals surface area (Å²) in [7, 11) is 0. The Labute approximate surface area is 255 Å². The average molecular weight is 626 g/mol. The van der Waals surface area contributed by atoms with Crippen LogP contribution in [-0.2, 0) is 19.4 Å². The van der Waals surface area contributed by atoms with E-state index >= 15 is 4.39 Å². The molecule has 9 nitrogen and oxygen atoms in total. The number of rotatable bonds is 12. The molecule has 1 heterocycles. The van der Waals surface area contributed by atoms with Crippen molar-refractivity contribution in [3.05, 3.63) is 114 Å². The summed E-state index contributed by atoms with van der Waals surface area (Å²) in [4.78, 5) is 48.0. The zero-order valence-electron chi connectivity index (χ0n) is 23.6. The van der Waals surface area contributed by atoms with E-state index in [9.17, 15) is 27.6 Å². The number of alkyl halides is 3. The number of carbonyl (C=O) groups is 3. The van der Waals surface area contributed by atoms with E-state index < -0.39 is 42.3 Å². The Hall–Kier alpha value is -5.46. The van der Waals surface area contributed by atoms with Crippen LogP contribution in [0.4, 0.5) is 23.4 Å². The molecule has 0 fully saturated rings. The van der Waals surface area contributed by atoms with Crippen LogP contribution in [0.15, 0.2) is 97.2 Å². The highest BCUT2D eigenvalue weighted by Gasteiger charge is 2.43. The van der Waals surface area contributed by atoms with Crippen molar-refractivity contribution in [3.63, 3.8) is 0 Å². The third kappa shape index (κ3) is 9.78. The number of nitrogens with one attached hydrogen (secondary N) is 2. The van der Waals surface area contributed by atoms with Crippen LogP contribution in [0.25, 0.3) is 11.1 Å². The number of hydrogen-bond acceptors (Lipinski definition) is 8. The summed E-state index contributed by atoms with van der Waals surface area (Å²) in [6.07, 6.45) is -3.82. The number of halogens is 4. The van der Waals surface area contributed by atoms with Crippen LogP contribution in [0.1, 0.15) is 34.8 Å². The second-order valence-corrected chi connectivity index (χ2v) is 9.53. The lowest BCUT2D eigenvalue weighted by Crippen LogP contribution is -2.32. The minimum atomic E-state index is -5.39. The molecule has 13 heteroatoms. The monoisotopic (exact) mass is 625 g/mol. The van der Waals surface area contributed by atoms with Gasteiger partial charge < -0.3 is 15.4 Å². The number of hydrogen-bond donors (Lipinski definition) is 2. The fraction of sp³-hybridized carbons (Fsp3) is 0.188. The summed E-state index contributed by atoms with van der Waals surface area (Å²) in [6.45, 7) is 1.02. The maximum Gasteiger partial charge on any atom is 0.495 e. The lowest BCUT2D eigenvalue weighted by atomic mass is 9.98. The molecule has 1 aromatic heterocycles. The van der Waals surface area contributed by atoms with E-state index in [4.69, 9.17) is 4.74 Å². The zero-order chi connectivity index (χ0) is 32.2. The Balaban J connectivity index is 1.40. The van der Waals surface area contributed by atoms with Gasteiger partial charge in [0, 0.05) is 23.9 Å². The fourth-order valence-corrected chi connectivity index (χ4v) is 4.07. The van der Waals surface area contributed by atoms with Crippen LogP contribution < -0.4 is 15.4 Å². The van der Waals surface area contributed by atoms with Crippen LogP contribution in [0, 0.1) is 5.82 Å². The molecule has 0 aliphatic rings. The summed E-state index contributed by atoms with van der Waals surface area (Å²) in [5, 5.41) is 5.72. The first-order chi connectivity index (χ1) is 21.6. The first kappa shape index (κ1) is 32.5. The van der Waals surface area contributed by atoms with Gasteiger partial charge in [0.15, 0.2) is 0 Å². The third-order valence-corrected chi connectivity index (χ3v) is 6.28. The van der Waals surface area contributed by atoms with Gasteiger partial charge in [0.25, 0.3) is 5.91 Å². The quantitative estimate of drug-likeness (QED) is 0.0829. The molecule has 1 atom stereocenters. The van der Waals surface area contributed by atoms with Crippen LogP contribution >= 0.6 is 0 Å². The highest BCUT2D eigenvalue weighted by molar-refractivity contribution is 5.94. The Morgan fingerprint density at radius 1 is 0.867 bits per heavy atom. The van der Waals surface area contributed by atoms with E-state index in [1.54, 1.807) is 48.7 Å². The molecule has 0 aliphatic heterocycles.